The third kappa shape index (κ3) is 4.16. The largest absolute Gasteiger partial charge is 0.494 e. The predicted octanol–water partition coefficient (Wildman–Crippen LogP) is 5.43. The molecule has 0 bridgehead atoms. The summed E-state index contributed by atoms with van der Waals surface area (Å²) < 4.78 is 18.0. The van der Waals surface area contributed by atoms with E-state index in [1.807, 2.05) is 31.2 Å². The van der Waals surface area contributed by atoms with Gasteiger partial charge in [0.25, 0.3) is 5.56 Å². The fourth-order valence-corrected chi connectivity index (χ4v) is 6.86. The second-order valence-corrected chi connectivity index (χ2v) is 10.7. The lowest BCUT2D eigenvalue weighted by atomic mass is 9.97. The lowest BCUT2D eigenvalue weighted by Gasteiger charge is -2.14. The van der Waals surface area contributed by atoms with E-state index in [9.17, 15) is 9.59 Å². The summed E-state index contributed by atoms with van der Waals surface area (Å²) in [5.74, 6) is 2.01. The van der Waals surface area contributed by atoms with Gasteiger partial charge in [-0.15, -0.1) is 11.3 Å². The number of hydrogen-bond acceptors (Lipinski definition) is 8. The molecule has 2 aromatic carbocycles. The molecular formula is C27H24N2O5S2. The highest BCUT2D eigenvalue weighted by Gasteiger charge is 2.24. The van der Waals surface area contributed by atoms with Gasteiger partial charge in [-0.3, -0.25) is 14.2 Å². The van der Waals surface area contributed by atoms with Crippen LogP contribution in [0.1, 0.15) is 40.6 Å². The second-order valence-electron chi connectivity index (χ2n) is 8.63. The summed E-state index contributed by atoms with van der Waals surface area (Å²) >= 11 is 2.89. The van der Waals surface area contributed by atoms with Crippen LogP contribution in [0, 0.1) is 0 Å². The fourth-order valence-electron chi connectivity index (χ4n) is 4.65. The van der Waals surface area contributed by atoms with Gasteiger partial charge in [0, 0.05) is 10.4 Å². The van der Waals surface area contributed by atoms with E-state index in [1.54, 1.807) is 34.1 Å². The van der Waals surface area contributed by atoms with Crippen molar-refractivity contribution in [2.24, 2.45) is 0 Å². The summed E-state index contributed by atoms with van der Waals surface area (Å²) in [6.07, 6.45) is 4.12. The molecule has 1 aliphatic carbocycles. The van der Waals surface area contributed by atoms with Gasteiger partial charge in [-0.05, 0) is 80.6 Å². The summed E-state index contributed by atoms with van der Waals surface area (Å²) in [5.41, 5.74) is 2.30. The van der Waals surface area contributed by atoms with Crippen LogP contribution in [0.2, 0.25) is 0 Å². The van der Waals surface area contributed by atoms with Crippen LogP contribution in [0.25, 0.3) is 15.9 Å². The average molecular weight is 521 g/mol. The number of rotatable bonds is 7. The number of aryl methyl sites for hydroxylation is 2. The Balaban J connectivity index is 1.39. The number of ketones is 1. The number of benzene rings is 2. The molecule has 2 aliphatic rings. The van der Waals surface area contributed by atoms with Crippen molar-refractivity contribution in [3.63, 3.8) is 0 Å². The Morgan fingerprint density at radius 2 is 1.92 bits per heavy atom. The number of nitrogens with zero attached hydrogens (tertiary/aromatic N) is 2. The van der Waals surface area contributed by atoms with Crippen LogP contribution in [0.5, 0.6) is 17.2 Å². The Morgan fingerprint density at radius 1 is 1.11 bits per heavy atom. The Labute approximate surface area is 216 Å². The molecule has 0 unspecified atom stereocenters. The maximum atomic E-state index is 13.9. The number of thioether (sulfide) groups is 1. The molecule has 6 rings (SSSR count). The number of carbonyl (C=O) groups excluding carboxylic acids is 1. The summed E-state index contributed by atoms with van der Waals surface area (Å²) in [4.78, 5) is 33.9. The van der Waals surface area contributed by atoms with Gasteiger partial charge in [-0.2, -0.15) is 0 Å². The van der Waals surface area contributed by atoms with Crippen molar-refractivity contribution in [2.75, 3.05) is 19.2 Å². The molecule has 2 aromatic heterocycles. The number of ether oxygens (including phenoxy) is 3. The van der Waals surface area contributed by atoms with Crippen molar-refractivity contribution >= 4 is 39.1 Å². The maximum absolute atomic E-state index is 13.9. The van der Waals surface area contributed by atoms with Crippen molar-refractivity contribution < 1.29 is 19.0 Å². The molecule has 0 saturated carbocycles. The molecule has 0 radical (unpaired) electrons. The van der Waals surface area contributed by atoms with E-state index in [4.69, 9.17) is 19.2 Å². The van der Waals surface area contributed by atoms with Crippen LogP contribution in [0.4, 0.5) is 0 Å². The number of thiophene rings is 1. The van der Waals surface area contributed by atoms with Gasteiger partial charge in [-0.25, -0.2) is 4.98 Å². The van der Waals surface area contributed by atoms with Gasteiger partial charge in [0.05, 0.1) is 23.4 Å². The number of Topliss-reactive ketones (excluding diaryl/α,β-unsaturated/α-hetero) is 1. The molecule has 0 saturated heterocycles. The molecule has 0 amide bonds. The minimum Gasteiger partial charge on any atom is -0.494 e. The lowest BCUT2D eigenvalue weighted by Crippen LogP contribution is -2.22. The van der Waals surface area contributed by atoms with Gasteiger partial charge in [-0.1, -0.05) is 11.8 Å². The van der Waals surface area contributed by atoms with Crippen LogP contribution in [-0.4, -0.2) is 34.5 Å². The summed E-state index contributed by atoms with van der Waals surface area (Å²) in [6, 6.07) is 12.6. The highest BCUT2D eigenvalue weighted by atomic mass is 32.2. The zero-order chi connectivity index (χ0) is 24.6. The molecule has 36 heavy (non-hydrogen) atoms. The SMILES string of the molecule is CCOc1ccc(-n2c(SCC(=O)c3ccc4c(c3)OCO4)nc3sc4c(c3c2=O)CCCC4)cc1. The molecule has 9 heteroatoms. The zero-order valence-electron chi connectivity index (χ0n) is 19.7. The summed E-state index contributed by atoms with van der Waals surface area (Å²) in [6.45, 7) is 2.66. The standard InChI is InChI=1S/C27H24N2O5S2/c1-2-32-18-10-8-17(9-11-18)29-26(31)24-19-5-3-4-6-23(19)36-25(24)28-27(29)35-14-20(30)16-7-12-21-22(13-16)34-15-33-21/h7-13H,2-6,14-15H2,1H3. The van der Waals surface area contributed by atoms with Gasteiger partial charge >= 0.3 is 0 Å². The first kappa shape index (κ1) is 23.1. The van der Waals surface area contributed by atoms with Crippen molar-refractivity contribution in [3.8, 4) is 22.9 Å². The van der Waals surface area contributed by atoms with Crippen LogP contribution in [-0.2, 0) is 12.8 Å². The van der Waals surface area contributed by atoms with Crippen molar-refractivity contribution in [2.45, 2.75) is 37.8 Å². The van der Waals surface area contributed by atoms with E-state index >= 15 is 0 Å². The molecule has 0 spiro atoms. The smallest absolute Gasteiger partial charge is 0.267 e. The monoisotopic (exact) mass is 520 g/mol. The molecule has 0 atom stereocenters. The zero-order valence-corrected chi connectivity index (χ0v) is 21.4. The number of hydrogen-bond donors (Lipinski definition) is 0. The Kier molecular flexibility index (Phi) is 6.18. The first-order chi connectivity index (χ1) is 17.6. The molecule has 184 valence electrons. The van der Waals surface area contributed by atoms with Crippen LogP contribution in [0.15, 0.2) is 52.4 Å². The second kappa shape index (κ2) is 9.63. The minimum absolute atomic E-state index is 0.0728. The lowest BCUT2D eigenvalue weighted by molar-refractivity contribution is 0.102. The Bertz CT molecular complexity index is 1520. The average Bonchev–Trinajstić information content (AvgIpc) is 3.52. The molecule has 1 aliphatic heterocycles. The molecular weight excluding hydrogens is 496 g/mol. The molecule has 0 fully saturated rings. The molecule has 0 N–H and O–H groups in total. The van der Waals surface area contributed by atoms with E-state index in [-0.39, 0.29) is 23.9 Å². The first-order valence-electron chi connectivity index (χ1n) is 12.0. The topological polar surface area (TPSA) is 79.7 Å². The van der Waals surface area contributed by atoms with Crippen molar-refractivity contribution in [1.82, 2.24) is 9.55 Å². The fraction of sp³-hybridized carbons (Fsp3) is 0.296. The van der Waals surface area contributed by atoms with Crippen molar-refractivity contribution in [3.05, 3.63) is 68.8 Å². The quantitative estimate of drug-likeness (QED) is 0.183. The Morgan fingerprint density at radius 3 is 2.75 bits per heavy atom. The number of fused-ring (bicyclic) bond motifs is 4. The Hall–Kier alpha value is -3.30. The maximum Gasteiger partial charge on any atom is 0.267 e. The highest BCUT2D eigenvalue weighted by molar-refractivity contribution is 7.99. The van der Waals surface area contributed by atoms with Crippen LogP contribution >= 0.6 is 23.1 Å². The normalized spacial score (nSPS) is 14.1. The van der Waals surface area contributed by atoms with Crippen LogP contribution < -0.4 is 19.8 Å². The number of carbonyl (C=O) groups is 1. The minimum atomic E-state index is -0.0819. The van der Waals surface area contributed by atoms with E-state index in [2.05, 4.69) is 0 Å². The van der Waals surface area contributed by atoms with Gasteiger partial charge in [0.2, 0.25) is 6.79 Å². The molecule has 4 aromatic rings. The predicted molar refractivity (Wildman–Crippen MR) is 141 cm³/mol. The van der Waals surface area contributed by atoms with Gasteiger partial charge in [0.1, 0.15) is 10.6 Å². The van der Waals surface area contributed by atoms with E-state index < -0.39 is 0 Å². The highest BCUT2D eigenvalue weighted by Crippen LogP contribution is 2.36. The summed E-state index contributed by atoms with van der Waals surface area (Å²) in [5, 5.41) is 1.22. The molecule has 3 heterocycles. The van der Waals surface area contributed by atoms with Gasteiger partial charge in [0.15, 0.2) is 22.4 Å². The van der Waals surface area contributed by atoms with Gasteiger partial charge < -0.3 is 14.2 Å². The third-order valence-corrected chi connectivity index (χ3v) is 8.52. The first-order valence-corrected chi connectivity index (χ1v) is 13.8. The van der Waals surface area contributed by atoms with E-state index in [1.165, 1.54) is 16.6 Å². The van der Waals surface area contributed by atoms with Crippen molar-refractivity contribution in [1.29, 1.82) is 0 Å². The number of aromatic nitrogens is 2. The third-order valence-electron chi connectivity index (χ3n) is 6.39. The molecule has 7 nitrogen and oxygen atoms in total. The van der Waals surface area contributed by atoms with E-state index in [0.29, 0.717) is 34.5 Å². The van der Waals surface area contributed by atoms with E-state index in [0.717, 1.165) is 47.2 Å². The summed E-state index contributed by atoms with van der Waals surface area (Å²) in [7, 11) is 0. The van der Waals surface area contributed by atoms with Crippen LogP contribution in [0.3, 0.4) is 0 Å².